The van der Waals surface area contributed by atoms with Crippen molar-refractivity contribution < 1.29 is 86.6 Å². The molecule has 1 aromatic carbocycles. The third kappa shape index (κ3) is 29.8. The molecule has 578 valence electrons. The average Bonchev–Trinajstić information content (AvgIpc) is 1.67. The van der Waals surface area contributed by atoms with E-state index < -0.39 is 212 Å². The standard InChI is InChI=1S/C63H93N25O18/c1-28(2)16-39(56(99)81-38(62(105)106)10-7-15-74-63(70)71)85-60(103)44(21-49(68)92)88-61(104)45(22-50(69)93)87-57(100)40(17-31-23-75-36-9-6-5-8-34(31)36)82-51(94)29(3)78-54(97)37(12-14-47(66)90)80-58(101)42(19-33-25-73-27-77-33)86-59(102)43(20-48(67)91)83-52(95)30(4)79-55(98)41(18-32-24-72-26-76-32)84-53(96)35(64)11-13-46(65)89/h5-6,8-9,23-30,35,37-45,75H,7,10-22,64H2,1-4H3,(H2,65,89)(H2,66,90)(H2,67,91)(H2,68,92)(H2,69,93)(H,72,76)(H,73,77)(H,78,97)(H,79,98)(H,80,101)(H,81,99)(H,82,94)(H,83,95)(H,84,96)(H,85,103)(H,86,102)(H,87,100)(H,88,104)(H,105,106)(H4,70,71,74)/t29-,30-,35-,37-,38-,39-,40-,41-,42-,43-,44-,45-/m0/s1. The van der Waals surface area contributed by atoms with Crippen molar-refractivity contribution in [1.82, 2.24) is 88.7 Å². The van der Waals surface area contributed by atoms with Crippen LogP contribution in [0.2, 0.25) is 0 Å². The fraction of sp³-hybridized carbons (Fsp3) is 0.492. The lowest BCUT2D eigenvalue weighted by Crippen LogP contribution is -2.61. The number of nitrogens with zero attached hydrogens (tertiary/aromatic N) is 2. The average molecular weight is 1490 g/mol. The van der Waals surface area contributed by atoms with Gasteiger partial charge in [0.25, 0.3) is 0 Å². The number of fused-ring (bicyclic) bond motifs is 1. The minimum absolute atomic E-state index is 0.0866. The van der Waals surface area contributed by atoms with Crippen LogP contribution in [0, 0.1) is 11.3 Å². The summed E-state index contributed by atoms with van der Waals surface area (Å²) in [7, 11) is 0. The number of aliphatic carboxylic acids is 1. The normalized spacial score (nSPS) is 14.4. The van der Waals surface area contributed by atoms with E-state index in [-0.39, 0.29) is 69.1 Å². The third-order valence-electron chi connectivity index (χ3n) is 15.9. The summed E-state index contributed by atoms with van der Waals surface area (Å²) in [5.41, 5.74) is 39.9. The monoisotopic (exact) mass is 1490 g/mol. The highest BCUT2D eigenvalue weighted by Gasteiger charge is 2.38. The highest BCUT2D eigenvalue weighted by Crippen LogP contribution is 2.20. The molecule has 0 saturated heterocycles. The first-order valence-corrected chi connectivity index (χ1v) is 33.2. The Morgan fingerprint density at radius 2 is 0.830 bits per heavy atom. The van der Waals surface area contributed by atoms with Gasteiger partial charge in [-0.1, -0.05) is 32.0 Å². The molecule has 0 spiro atoms. The molecule has 3 heterocycles. The lowest BCUT2D eigenvalue weighted by atomic mass is 10.0. The Morgan fingerprint density at radius 3 is 1.28 bits per heavy atom. The second-order valence-electron chi connectivity index (χ2n) is 25.2. The number of amides is 16. The number of guanidine groups is 1. The summed E-state index contributed by atoms with van der Waals surface area (Å²) < 4.78 is 0. The molecule has 0 bridgehead atoms. The maximum Gasteiger partial charge on any atom is 0.326 e. The van der Waals surface area contributed by atoms with Gasteiger partial charge in [-0.15, -0.1) is 0 Å². The van der Waals surface area contributed by atoms with Crippen molar-refractivity contribution in [3.63, 3.8) is 0 Å². The fourth-order valence-corrected chi connectivity index (χ4v) is 10.4. The van der Waals surface area contributed by atoms with Gasteiger partial charge in [-0.2, -0.15) is 0 Å². The van der Waals surface area contributed by atoms with Gasteiger partial charge in [0.15, 0.2) is 5.96 Å². The van der Waals surface area contributed by atoms with E-state index in [1.165, 1.54) is 38.2 Å². The number of hydrogen-bond acceptors (Lipinski definition) is 21. The Labute approximate surface area is 604 Å². The van der Waals surface area contributed by atoms with E-state index >= 15 is 0 Å². The van der Waals surface area contributed by atoms with E-state index in [4.69, 9.17) is 45.5 Å². The minimum atomic E-state index is -1.99. The summed E-state index contributed by atoms with van der Waals surface area (Å²) in [5.74, 6) is -19.5. The molecule has 3 aromatic heterocycles. The second kappa shape index (κ2) is 42.1. The van der Waals surface area contributed by atoms with Gasteiger partial charge in [0.2, 0.25) is 94.5 Å². The molecule has 0 fully saturated rings. The third-order valence-corrected chi connectivity index (χ3v) is 15.9. The highest BCUT2D eigenvalue weighted by atomic mass is 16.4. The van der Waals surface area contributed by atoms with Crippen LogP contribution in [-0.2, 0) is 101 Å². The van der Waals surface area contributed by atoms with Gasteiger partial charge in [-0.05, 0) is 63.5 Å². The maximum absolute atomic E-state index is 14.6. The molecule has 31 N–H and O–H groups in total. The number of aromatic nitrogens is 5. The number of carbonyl (C=O) groups excluding carboxylic acids is 16. The number of imidazole rings is 2. The second-order valence-corrected chi connectivity index (χ2v) is 25.2. The molecule has 4 aromatic rings. The Morgan fingerprint density at radius 1 is 0.443 bits per heavy atom. The van der Waals surface area contributed by atoms with Crippen LogP contribution in [0.5, 0.6) is 0 Å². The number of H-pyrrole nitrogens is 3. The quantitative estimate of drug-likeness (QED) is 0.0111. The van der Waals surface area contributed by atoms with Gasteiger partial charge < -0.3 is 124 Å². The van der Waals surface area contributed by atoms with Crippen LogP contribution in [0.1, 0.15) is 109 Å². The predicted octanol–water partition coefficient (Wildman–Crippen LogP) is -9.11. The number of para-hydroxylation sites is 1. The molecule has 106 heavy (non-hydrogen) atoms. The highest BCUT2D eigenvalue weighted by molar-refractivity contribution is 6.02. The zero-order valence-corrected chi connectivity index (χ0v) is 58.4. The minimum Gasteiger partial charge on any atom is -0.480 e. The Balaban J connectivity index is 1.58. The molecule has 0 aliphatic rings. The number of benzene rings is 1. The zero-order chi connectivity index (χ0) is 79.1. The van der Waals surface area contributed by atoms with Crippen LogP contribution in [-0.4, -0.2) is 216 Å². The van der Waals surface area contributed by atoms with E-state index in [0.29, 0.717) is 22.2 Å². The molecule has 0 unspecified atom stereocenters. The van der Waals surface area contributed by atoms with Crippen molar-refractivity contribution in [2.24, 2.45) is 46.1 Å². The summed E-state index contributed by atoms with van der Waals surface area (Å²) in [6.45, 7) is 5.76. The Hall–Kier alpha value is -12.6. The van der Waals surface area contributed by atoms with Crippen molar-refractivity contribution in [3.8, 4) is 0 Å². The van der Waals surface area contributed by atoms with Crippen molar-refractivity contribution in [1.29, 1.82) is 5.41 Å². The first-order chi connectivity index (χ1) is 49.9. The number of aromatic amines is 3. The molecular formula is C63H93N25O18. The molecule has 43 nitrogen and oxygen atoms in total. The van der Waals surface area contributed by atoms with E-state index in [1.807, 2.05) is 0 Å². The molecule has 0 radical (unpaired) electrons. The first kappa shape index (κ1) is 85.8. The predicted molar refractivity (Wildman–Crippen MR) is 372 cm³/mol. The van der Waals surface area contributed by atoms with Crippen molar-refractivity contribution >= 4 is 117 Å². The maximum atomic E-state index is 14.6. The molecule has 12 atom stereocenters. The zero-order valence-electron chi connectivity index (χ0n) is 58.4. The lowest BCUT2D eigenvalue weighted by Gasteiger charge is -2.27. The Kier molecular flexibility index (Phi) is 34.1. The molecule has 0 aliphatic heterocycles. The Bertz CT molecular complexity index is 3810. The fourth-order valence-electron chi connectivity index (χ4n) is 10.4. The van der Waals surface area contributed by atoms with Crippen molar-refractivity contribution in [3.05, 3.63) is 72.5 Å². The van der Waals surface area contributed by atoms with Crippen LogP contribution in [0.15, 0.2) is 55.5 Å². The van der Waals surface area contributed by atoms with Gasteiger partial charge in [-0.25, -0.2) is 14.8 Å². The largest absolute Gasteiger partial charge is 0.480 e. The van der Waals surface area contributed by atoms with Crippen LogP contribution >= 0.6 is 0 Å². The van der Waals surface area contributed by atoms with Crippen molar-refractivity contribution in [2.45, 2.75) is 184 Å². The van der Waals surface area contributed by atoms with Crippen LogP contribution in [0.25, 0.3) is 10.9 Å². The summed E-state index contributed by atoms with van der Waals surface area (Å²) >= 11 is 0. The van der Waals surface area contributed by atoms with E-state index in [2.05, 4.69) is 88.7 Å². The number of carbonyl (C=O) groups is 17. The van der Waals surface area contributed by atoms with Gasteiger partial charge in [0.05, 0.1) is 38.0 Å². The molecule has 4 rings (SSSR count). The molecular weight excluding hydrogens is 1390 g/mol. The smallest absolute Gasteiger partial charge is 0.326 e. The van der Waals surface area contributed by atoms with E-state index in [1.54, 1.807) is 38.1 Å². The number of hydrogen-bond donors (Lipinski definition) is 24. The van der Waals surface area contributed by atoms with Crippen molar-refractivity contribution in [2.75, 3.05) is 6.54 Å². The van der Waals surface area contributed by atoms with Gasteiger partial charge in [0.1, 0.15) is 66.5 Å². The number of nitrogens with one attached hydrogen (secondary N) is 16. The van der Waals surface area contributed by atoms with Crippen LogP contribution in [0.4, 0.5) is 0 Å². The molecule has 43 heteroatoms. The number of carboxylic acids is 1. The molecule has 0 saturated carbocycles. The number of primary amides is 5. The van der Waals surface area contributed by atoms with E-state index in [9.17, 15) is 86.6 Å². The van der Waals surface area contributed by atoms with E-state index in [0.717, 1.165) is 6.92 Å². The SMILES string of the molecule is CC(C)C[C@H](NC(=O)[C@H](CC(N)=O)NC(=O)[C@H](CC(N)=O)NC(=O)[C@H](Cc1c[nH]c2ccccc12)NC(=O)[C@H](C)NC(=O)[C@H](CCC(N)=O)NC(=O)[C@H](Cc1cnc[nH]1)NC(=O)[C@H](CC(N)=O)NC(=O)[C@H](C)NC(=O)[C@H](Cc1cnc[nH]1)NC(=O)[C@@H](N)CCC(N)=O)C(=O)N[C@@H](CCCNC(=N)N)C(=O)O. The van der Waals surface area contributed by atoms with Gasteiger partial charge in [0, 0.05) is 79.5 Å². The summed E-state index contributed by atoms with van der Waals surface area (Å²) in [6.07, 6.45) is 1.14. The first-order valence-electron chi connectivity index (χ1n) is 33.2. The molecule has 0 aliphatic carbocycles. The van der Waals surface area contributed by atoms with Crippen LogP contribution < -0.4 is 104 Å². The number of rotatable bonds is 47. The molecule has 16 amide bonds. The van der Waals surface area contributed by atoms with Crippen LogP contribution in [0.3, 0.4) is 0 Å². The lowest BCUT2D eigenvalue weighted by molar-refractivity contribution is -0.142. The van der Waals surface area contributed by atoms with Gasteiger partial charge >= 0.3 is 5.97 Å². The van der Waals surface area contributed by atoms with Gasteiger partial charge in [-0.3, -0.25) is 82.1 Å². The number of nitrogens with two attached hydrogens (primary N) is 7. The summed E-state index contributed by atoms with van der Waals surface area (Å²) in [5, 5.41) is 46.4. The summed E-state index contributed by atoms with van der Waals surface area (Å²) in [4.78, 5) is 244. The summed E-state index contributed by atoms with van der Waals surface area (Å²) in [6, 6.07) is -13.1. The number of carboxylic acid groups (broad SMARTS) is 1. The topological polar surface area (TPSA) is 734 Å².